The van der Waals surface area contributed by atoms with Gasteiger partial charge in [0.25, 0.3) is 0 Å². The summed E-state index contributed by atoms with van der Waals surface area (Å²) in [5, 5.41) is 0. The van der Waals surface area contributed by atoms with E-state index in [1.54, 1.807) is 19.1 Å². The summed E-state index contributed by atoms with van der Waals surface area (Å²) in [7, 11) is -2.00. The van der Waals surface area contributed by atoms with Gasteiger partial charge in [-0.2, -0.15) is 0 Å². The van der Waals surface area contributed by atoms with Crippen LogP contribution in [0.5, 0.6) is 5.75 Å². The van der Waals surface area contributed by atoms with Crippen molar-refractivity contribution in [2.75, 3.05) is 7.11 Å². The molecule has 0 saturated carbocycles. The molecule has 0 saturated heterocycles. The zero-order valence-electron chi connectivity index (χ0n) is 8.50. The lowest BCUT2D eigenvalue weighted by Gasteiger charge is -2.15. The van der Waals surface area contributed by atoms with Crippen molar-refractivity contribution in [3.05, 3.63) is 23.8 Å². The summed E-state index contributed by atoms with van der Waals surface area (Å²) in [5.74, 6) is 0.626. The van der Waals surface area contributed by atoms with Gasteiger partial charge < -0.3 is 4.74 Å². The number of aryl methyl sites for hydroxylation is 1. The second-order valence-corrected chi connectivity index (χ2v) is 13.5. The Morgan fingerprint density at radius 1 is 1.25 bits per heavy atom. The van der Waals surface area contributed by atoms with Crippen LogP contribution in [-0.4, -0.2) is 17.0 Å². The Labute approximate surface area is 120 Å². The molecule has 0 radical (unpaired) electrons. The molecule has 0 aliphatic carbocycles. The summed E-state index contributed by atoms with van der Waals surface area (Å²) in [4.78, 5) is 0.235. The van der Waals surface area contributed by atoms with Gasteiger partial charge in [0.1, 0.15) is 5.75 Å². The Bertz CT molecular complexity index is 491. The number of methoxy groups -OCH3 is 1. The average molecular weight is 437 g/mol. The van der Waals surface area contributed by atoms with Gasteiger partial charge in [0.2, 0.25) is 11.3 Å². The second-order valence-electron chi connectivity index (χ2n) is 3.08. The number of hydrogen-bond acceptors (Lipinski definition) is 3. The highest BCUT2D eigenvalue weighted by Crippen LogP contribution is 2.44. The summed E-state index contributed by atoms with van der Waals surface area (Å²) >= 11 is 9.06. The minimum atomic E-state index is -3.54. The van der Waals surface area contributed by atoms with Gasteiger partial charge in [-0.25, -0.2) is 8.42 Å². The standard InChI is InChI=1S/C9H9Br3O3S/c1-6-5-7(15-2)3-4-8(6)16(13,14)9(10,11)12/h3-5H,1-2H3. The fraction of sp³-hybridized carbons (Fsp3) is 0.333. The van der Waals surface area contributed by atoms with Gasteiger partial charge in [0.05, 0.1) is 12.0 Å². The molecule has 90 valence electrons. The number of halogens is 3. The second kappa shape index (κ2) is 4.96. The molecule has 0 atom stereocenters. The Kier molecular flexibility index (Phi) is 4.48. The largest absolute Gasteiger partial charge is 0.497 e. The predicted molar refractivity (Wildman–Crippen MR) is 74.4 cm³/mol. The molecule has 0 aliphatic heterocycles. The van der Waals surface area contributed by atoms with E-state index in [0.29, 0.717) is 11.3 Å². The van der Waals surface area contributed by atoms with Gasteiger partial charge >= 0.3 is 0 Å². The lowest BCUT2D eigenvalue weighted by Crippen LogP contribution is -2.18. The zero-order valence-corrected chi connectivity index (χ0v) is 14.1. The minimum absolute atomic E-state index is 0.235. The quantitative estimate of drug-likeness (QED) is 0.666. The summed E-state index contributed by atoms with van der Waals surface area (Å²) < 4.78 is 27.9. The molecule has 7 heteroatoms. The van der Waals surface area contributed by atoms with Gasteiger partial charge in [0, 0.05) is 0 Å². The van der Waals surface area contributed by atoms with E-state index in [9.17, 15) is 8.42 Å². The van der Waals surface area contributed by atoms with E-state index in [1.165, 1.54) is 13.2 Å². The highest BCUT2D eigenvalue weighted by Gasteiger charge is 2.38. The van der Waals surface area contributed by atoms with Crippen LogP contribution in [0.3, 0.4) is 0 Å². The highest BCUT2D eigenvalue weighted by atomic mass is 80.0. The first-order valence-corrected chi connectivity index (χ1v) is 8.02. The molecule has 0 fully saturated rings. The summed E-state index contributed by atoms with van der Waals surface area (Å²) in [6, 6.07) is 4.80. The van der Waals surface area contributed by atoms with Crippen molar-refractivity contribution in [2.24, 2.45) is 0 Å². The van der Waals surface area contributed by atoms with Crippen molar-refractivity contribution in [3.63, 3.8) is 0 Å². The van der Waals surface area contributed by atoms with Gasteiger partial charge in [0.15, 0.2) is 0 Å². The number of rotatable bonds is 2. The number of ether oxygens (including phenoxy) is 1. The molecule has 0 N–H and O–H groups in total. The normalized spacial score (nSPS) is 12.6. The first-order valence-electron chi connectivity index (χ1n) is 4.16. The number of alkyl halides is 3. The summed E-state index contributed by atoms with van der Waals surface area (Å²) in [5.41, 5.74) is 0.627. The molecule has 0 aliphatic rings. The van der Waals surface area contributed by atoms with E-state index in [2.05, 4.69) is 47.8 Å². The molecule has 3 nitrogen and oxygen atoms in total. The van der Waals surface area contributed by atoms with E-state index >= 15 is 0 Å². The van der Waals surface area contributed by atoms with Crippen molar-refractivity contribution in [1.29, 1.82) is 0 Å². The van der Waals surface area contributed by atoms with Crippen LogP contribution in [0, 0.1) is 6.92 Å². The maximum Gasteiger partial charge on any atom is 0.239 e. The van der Waals surface area contributed by atoms with Crippen molar-refractivity contribution < 1.29 is 13.2 Å². The fourth-order valence-electron chi connectivity index (χ4n) is 1.18. The Balaban J connectivity index is 3.36. The van der Waals surface area contributed by atoms with E-state index in [4.69, 9.17) is 4.74 Å². The maximum atomic E-state index is 12.1. The SMILES string of the molecule is COc1ccc(S(=O)(=O)C(Br)(Br)Br)c(C)c1. The Hall–Kier alpha value is 0.410. The summed E-state index contributed by atoms with van der Waals surface area (Å²) in [6.45, 7) is 1.72. The van der Waals surface area contributed by atoms with Crippen molar-refractivity contribution in [1.82, 2.24) is 0 Å². The first-order chi connectivity index (χ1) is 7.20. The molecular formula is C9H9Br3O3S. The van der Waals surface area contributed by atoms with Crippen LogP contribution in [0.25, 0.3) is 0 Å². The molecule has 1 aromatic rings. The third-order valence-electron chi connectivity index (χ3n) is 1.98. The Morgan fingerprint density at radius 2 is 1.81 bits per heavy atom. The highest BCUT2D eigenvalue weighted by molar-refractivity contribution is 9.42. The third kappa shape index (κ3) is 2.80. The molecule has 1 rings (SSSR count). The number of hydrogen-bond donors (Lipinski definition) is 0. The third-order valence-corrected chi connectivity index (χ3v) is 7.46. The molecule has 0 unspecified atom stereocenters. The maximum absolute atomic E-state index is 12.1. The zero-order chi connectivity index (χ0) is 12.6. The molecule has 16 heavy (non-hydrogen) atoms. The molecule has 0 amide bonds. The average Bonchev–Trinajstić information content (AvgIpc) is 2.15. The van der Waals surface area contributed by atoms with Gasteiger partial charge in [-0.15, -0.1) is 0 Å². The monoisotopic (exact) mass is 434 g/mol. The van der Waals surface area contributed by atoms with Crippen LogP contribution in [0.1, 0.15) is 5.56 Å². The van der Waals surface area contributed by atoms with Crippen LogP contribution in [0.2, 0.25) is 0 Å². The first kappa shape index (κ1) is 14.5. The predicted octanol–water partition coefficient (Wildman–Crippen LogP) is 3.57. The van der Waals surface area contributed by atoms with Crippen LogP contribution < -0.4 is 4.74 Å². The molecule has 0 bridgehead atoms. The van der Waals surface area contributed by atoms with Crippen LogP contribution >= 0.6 is 47.8 Å². The minimum Gasteiger partial charge on any atom is -0.497 e. The van der Waals surface area contributed by atoms with Gasteiger partial charge in [-0.1, -0.05) is 0 Å². The molecule has 0 aromatic heterocycles. The number of benzene rings is 1. The lowest BCUT2D eigenvalue weighted by atomic mass is 10.2. The smallest absolute Gasteiger partial charge is 0.239 e. The van der Waals surface area contributed by atoms with E-state index in [1.807, 2.05) is 0 Å². The summed E-state index contributed by atoms with van der Waals surface area (Å²) in [6.07, 6.45) is 0. The topological polar surface area (TPSA) is 43.4 Å². The number of sulfone groups is 1. The lowest BCUT2D eigenvalue weighted by molar-refractivity contribution is 0.414. The van der Waals surface area contributed by atoms with Crippen LogP contribution in [0.4, 0.5) is 0 Å². The van der Waals surface area contributed by atoms with Crippen molar-refractivity contribution in [3.8, 4) is 5.75 Å². The van der Waals surface area contributed by atoms with Gasteiger partial charge in [-0.3, -0.25) is 0 Å². The van der Waals surface area contributed by atoms with Crippen molar-refractivity contribution >= 4 is 57.6 Å². The van der Waals surface area contributed by atoms with Crippen LogP contribution in [-0.2, 0) is 9.84 Å². The Morgan fingerprint density at radius 3 is 2.19 bits per heavy atom. The van der Waals surface area contributed by atoms with Crippen molar-refractivity contribution in [2.45, 2.75) is 13.3 Å². The molecule has 0 heterocycles. The molecule has 1 aromatic carbocycles. The van der Waals surface area contributed by atoms with Gasteiger partial charge in [-0.05, 0) is 78.5 Å². The molecular weight excluding hydrogens is 428 g/mol. The van der Waals surface area contributed by atoms with E-state index in [0.717, 1.165) is 0 Å². The van der Waals surface area contributed by atoms with E-state index in [-0.39, 0.29) is 4.90 Å². The van der Waals surface area contributed by atoms with Crippen LogP contribution in [0.15, 0.2) is 23.1 Å². The fourth-order valence-corrected chi connectivity index (χ4v) is 3.72. The molecule has 0 spiro atoms. The van der Waals surface area contributed by atoms with E-state index < -0.39 is 11.3 Å².